The summed E-state index contributed by atoms with van der Waals surface area (Å²) in [4.78, 5) is 36.6. The van der Waals surface area contributed by atoms with Crippen molar-refractivity contribution in [3.63, 3.8) is 0 Å². The third kappa shape index (κ3) is 5.41. The molecule has 0 saturated carbocycles. The van der Waals surface area contributed by atoms with Crippen LogP contribution in [0, 0.1) is 5.92 Å². The molecule has 0 aliphatic heterocycles. The molecule has 2 N–H and O–H groups in total. The van der Waals surface area contributed by atoms with E-state index in [2.05, 4.69) is 10.6 Å². The molecular weight excluding hydrogens is 344 g/mol. The minimum atomic E-state index is -0.722. The summed E-state index contributed by atoms with van der Waals surface area (Å²) in [7, 11) is 1.55. The fourth-order valence-electron chi connectivity index (χ4n) is 2.54. The maximum atomic E-state index is 12.7. The summed E-state index contributed by atoms with van der Waals surface area (Å²) in [5.74, 6) is -0.242. The van der Waals surface area contributed by atoms with E-state index in [-0.39, 0.29) is 23.5 Å². The Morgan fingerprint density at radius 3 is 2.19 bits per heavy atom. The van der Waals surface area contributed by atoms with Gasteiger partial charge in [-0.2, -0.15) is 0 Å². The van der Waals surface area contributed by atoms with Gasteiger partial charge in [0.15, 0.2) is 5.78 Å². The highest BCUT2D eigenvalue weighted by Gasteiger charge is 2.25. The van der Waals surface area contributed by atoms with Crippen molar-refractivity contribution >= 4 is 23.3 Å². The molecule has 6 heteroatoms. The second-order valence-corrected chi connectivity index (χ2v) is 6.55. The molecule has 0 heterocycles. The first-order valence-electron chi connectivity index (χ1n) is 8.68. The van der Waals surface area contributed by atoms with Crippen molar-refractivity contribution in [2.75, 3.05) is 12.4 Å². The first kappa shape index (κ1) is 20.2. The van der Waals surface area contributed by atoms with Crippen LogP contribution >= 0.6 is 0 Å². The molecule has 27 heavy (non-hydrogen) atoms. The maximum absolute atomic E-state index is 12.7. The van der Waals surface area contributed by atoms with Gasteiger partial charge in [-0.25, -0.2) is 0 Å². The summed E-state index contributed by atoms with van der Waals surface area (Å²) in [5.41, 5.74) is 1.46. The number of hydrogen-bond donors (Lipinski definition) is 2. The molecular formula is C21H24N2O4. The highest BCUT2D eigenvalue weighted by molar-refractivity contribution is 6.02. The third-order valence-electron chi connectivity index (χ3n) is 4.12. The number of Topliss-reactive ketones (excluding diaryl/α,β-unsaturated/α-hetero) is 1. The van der Waals surface area contributed by atoms with Crippen LogP contribution in [-0.2, 0) is 4.79 Å². The van der Waals surface area contributed by atoms with E-state index >= 15 is 0 Å². The van der Waals surface area contributed by atoms with Crippen LogP contribution in [0.4, 0.5) is 5.69 Å². The van der Waals surface area contributed by atoms with Gasteiger partial charge in [0, 0.05) is 16.8 Å². The fourth-order valence-corrected chi connectivity index (χ4v) is 2.54. The highest BCUT2D eigenvalue weighted by atomic mass is 16.5. The second-order valence-electron chi connectivity index (χ2n) is 6.55. The van der Waals surface area contributed by atoms with Gasteiger partial charge in [-0.15, -0.1) is 0 Å². The molecule has 0 aliphatic carbocycles. The normalized spacial score (nSPS) is 11.6. The average Bonchev–Trinajstić information content (AvgIpc) is 2.65. The van der Waals surface area contributed by atoms with Crippen molar-refractivity contribution in [1.82, 2.24) is 5.32 Å². The molecule has 2 aromatic carbocycles. The lowest BCUT2D eigenvalue weighted by Crippen LogP contribution is -2.47. The molecule has 0 fully saturated rings. The topological polar surface area (TPSA) is 84.5 Å². The van der Waals surface area contributed by atoms with Crippen LogP contribution in [0.5, 0.6) is 5.75 Å². The van der Waals surface area contributed by atoms with Crippen molar-refractivity contribution < 1.29 is 19.1 Å². The average molecular weight is 368 g/mol. The van der Waals surface area contributed by atoms with Gasteiger partial charge >= 0.3 is 0 Å². The van der Waals surface area contributed by atoms with Crippen molar-refractivity contribution in [3.05, 3.63) is 59.7 Å². The van der Waals surface area contributed by atoms with E-state index < -0.39 is 6.04 Å². The summed E-state index contributed by atoms with van der Waals surface area (Å²) < 4.78 is 5.08. The Kier molecular flexibility index (Phi) is 6.71. The van der Waals surface area contributed by atoms with Gasteiger partial charge in [-0.05, 0) is 49.2 Å². The number of anilines is 1. The zero-order valence-electron chi connectivity index (χ0n) is 15.9. The number of ketones is 1. The quantitative estimate of drug-likeness (QED) is 0.735. The van der Waals surface area contributed by atoms with Crippen LogP contribution in [-0.4, -0.2) is 30.7 Å². The summed E-state index contributed by atoms with van der Waals surface area (Å²) in [6, 6.07) is 12.6. The van der Waals surface area contributed by atoms with E-state index in [1.54, 1.807) is 55.6 Å². The van der Waals surface area contributed by atoms with E-state index in [1.165, 1.54) is 6.92 Å². The lowest BCUT2D eigenvalue weighted by Gasteiger charge is -2.22. The fraction of sp³-hybridized carbons (Fsp3) is 0.286. The number of carbonyl (C=O) groups excluding carboxylic acids is 3. The molecule has 2 amide bonds. The van der Waals surface area contributed by atoms with Gasteiger partial charge in [-0.1, -0.05) is 26.0 Å². The van der Waals surface area contributed by atoms with Crippen LogP contribution in [0.15, 0.2) is 48.5 Å². The van der Waals surface area contributed by atoms with E-state index in [9.17, 15) is 14.4 Å². The van der Waals surface area contributed by atoms with Crippen LogP contribution in [0.3, 0.4) is 0 Å². The van der Waals surface area contributed by atoms with Gasteiger partial charge in [0.2, 0.25) is 5.91 Å². The van der Waals surface area contributed by atoms with E-state index in [0.29, 0.717) is 22.6 Å². The number of methoxy groups -OCH3 is 1. The highest BCUT2D eigenvalue weighted by Crippen LogP contribution is 2.15. The Balaban J connectivity index is 2.11. The number of rotatable bonds is 7. The first-order chi connectivity index (χ1) is 12.8. The zero-order valence-corrected chi connectivity index (χ0v) is 15.9. The van der Waals surface area contributed by atoms with Gasteiger partial charge in [0.05, 0.1) is 7.11 Å². The second kappa shape index (κ2) is 8.98. The lowest BCUT2D eigenvalue weighted by molar-refractivity contribution is -0.118. The molecule has 0 unspecified atom stereocenters. The molecule has 0 bridgehead atoms. The smallest absolute Gasteiger partial charge is 0.251 e. The minimum Gasteiger partial charge on any atom is -0.497 e. The molecule has 0 saturated heterocycles. The number of amides is 2. The summed E-state index contributed by atoms with van der Waals surface area (Å²) in [6.07, 6.45) is 0. The standard InChI is InChI=1S/C21H24N2O4/c1-13(2)19(23-20(25)15-8-10-18(27-4)11-9-15)21(26)22-17-7-5-6-16(12-17)14(3)24/h5-13,19H,1-4H3,(H,22,26)(H,23,25)/t19-/m1/s1. The van der Waals surface area contributed by atoms with Crippen molar-refractivity contribution in [2.24, 2.45) is 5.92 Å². The monoisotopic (exact) mass is 368 g/mol. The maximum Gasteiger partial charge on any atom is 0.251 e. The van der Waals surface area contributed by atoms with Crippen molar-refractivity contribution in [2.45, 2.75) is 26.8 Å². The van der Waals surface area contributed by atoms with Gasteiger partial charge in [0.1, 0.15) is 11.8 Å². The van der Waals surface area contributed by atoms with Gasteiger partial charge in [-0.3, -0.25) is 14.4 Å². The number of hydrogen-bond acceptors (Lipinski definition) is 4. The van der Waals surface area contributed by atoms with Crippen LogP contribution < -0.4 is 15.4 Å². The summed E-state index contributed by atoms with van der Waals surface area (Å²) in [5, 5.41) is 5.54. The molecule has 0 radical (unpaired) electrons. The number of carbonyl (C=O) groups is 3. The van der Waals surface area contributed by atoms with E-state index in [1.807, 2.05) is 13.8 Å². The predicted molar refractivity (Wildman–Crippen MR) is 104 cm³/mol. The SMILES string of the molecule is COc1ccc(C(=O)N[C@@H](C(=O)Nc2cccc(C(C)=O)c2)C(C)C)cc1. The van der Waals surface area contributed by atoms with E-state index in [4.69, 9.17) is 4.74 Å². The molecule has 0 aromatic heterocycles. The Bertz CT molecular complexity index is 828. The molecule has 0 aliphatic rings. The van der Waals surface area contributed by atoms with Crippen LogP contribution in [0.25, 0.3) is 0 Å². The van der Waals surface area contributed by atoms with Crippen molar-refractivity contribution in [3.8, 4) is 5.75 Å². The van der Waals surface area contributed by atoms with Gasteiger partial charge in [0.25, 0.3) is 5.91 Å². The summed E-state index contributed by atoms with van der Waals surface area (Å²) in [6.45, 7) is 5.17. The third-order valence-corrected chi connectivity index (χ3v) is 4.12. The molecule has 1 atom stereocenters. The molecule has 0 spiro atoms. The number of ether oxygens (including phenoxy) is 1. The zero-order chi connectivity index (χ0) is 20.0. The molecule has 2 aromatic rings. The van der Waals surface area contributed by atoms with E-state index in [0.717, 1.165) is 0 Å². The first-order valence-corrected chi connectivity index (χ1v) is 8.68. The minimum absolute atomic E-state index is 0.0840. The Morgan fingerprint density at radius 1 is 0.963 bits per heavy atom. The molecule has 142 valence electrons. The number of benzene rings is 2. The van der Waals surface area contributed by atoms with Crippen LogP contribution in [0.2, 0.25) is 0 Å². The van der Waals surface area contributed by atoms with Crippen molar-refractivity contribution in [1.29, 1.82) is 0 Å². The largest absolute Gasteiger partial charge is 0.497 e. The Labute approximate surface area is 158 Å². The predicted octanol–water partition coefficient (Wildman–Crippen LogP) is 3.29. The lowest BCUT2D eigenvalue weighted by atomic mass is 10.0. The molecule has 6 nitrogen and oxygen atoms in total. The molecule has 2 rings (SSSR count). The van der Waals surface area contributed by atoms with Crippen LogP contribution in [0.1, 0.15) is 41.5 Å². The Hall–Kier alpha value is -3.15. The van der Waals surface area contributed by atoms with Gasteiger partial charge < -0.3 is 15.4 Å². The number of nitrogens with one attached hydrogen (secondary N) is 2. The Morgan fingerprint density at radius 2 is 1.63 bits per heavy atom. The summed E-state index contributed by atoms with van der Waals surface area (Å²) >= 11 is 0.